The second-order valence-electron chi connectivity index (χ2n) is 8.10. The van der Waals surface area contributed by atoms with Gasteiger partial charge in [-0.2, -0.15) is 11.3 Å². The van der Waals surface area contributed by atoms with Crippen molar-refractivity contribution in [3.63, 3.8) is 0 Å². The Labute approximate surface area is 180 Å². The standard InChI is InChI=1S/C24H24ClN3S/c1-27-7-2-3-17(13-27)14-28-15-23(22-5-4-21(25)10-24(22)28)20-9-19(11-26-12-20)18-6-8-29-16-18/h4-6,8-12,15-17H,2-3,7,13-14H2,1H3. The summed E-state index contributed by atoms with van der Waals surface area (Å²) in [5.74, 6) is 0.673. The Morgan fingerprint density at radius 2 is 2.03 bits per heavy atom. The number of halogens is 1. The molecule has 29 heavy (non-hydrogen) atoms. The van der Waals surface area contributed by atoms with Crippen molar-refractivity contribution in [3.8, 4) is 22.3 Å². The van der Waals surface area contributed by atoms with Gasteiger partial charge in [0.25, 0.3) is 0 Å². The fraction of sp³-hybridized carbons (Fsp3) is 0.292. The van der Waals surface area contributed by atoms with Crippen molar-refractivity contribution in [1.82, 2.24) is 14.5 Å². The Kier molecular flexibility index (Phi) is 5.17. The summed E-state index contributed by atoms with van der Waals surface area (Å²) < 4.78 is 2.40. The maximum absolute atomic E-state index is 6.37. The van der Waals surface area contributed by atoms with Gasteiger partial charge in [-0.1, -0.05) is 17.7 Å². The number of nitrogens with zero attached hydrogens (tertiary/aromatic N) is 3. The molecule has 4 heterocycles. The van der Waals surface area contributed by atoms with Crippen LogP contribution in [-0.2, 0) is 6.54 Å². The molecular formula is C24H24ClN3S. The Balaban J connectivity index is 1.57. The van der Waals surface area contributed by atoms with E-state index < -0.39 is 0 Å². The van der Waals surface area contributed by atoms with E-state index in [1.54, 1.807) is 11.3 Å². The molecule has 148 valence electrons. The zero-order valence-electron chi connectivity index (χ0n) is 16.5. The summed E-state index contributed by atoms with van der Waals surface area (Å²) >= 11 is 8.09. The summed E-state index contributed by atoms with van der Waals surface area (Å²) in [6, 6.07) is 10.6. The van der Waals surface area contributed by atoms with Gasteiger partial charge in [0, 0.05) is 58.8 Å². The first-order chi connectivity index (χ1) is 14.2. The first-order valence-electron chi connectivity index (χ1n) is 10.1. The lowest BCUT2D eigenvalue weighted by Crippen LogP contribution is -2.33. The molecule has 0 N–H and O–H groups in total. The van der Waals surface area contributed by atoms with Gasteiger partial charge in [0.1, 0.15) is 0 Å². The SMILES string of the molecule is CN1CCCC(Cn2cc(-c3cncc(-c4ccsc4)c3)c3ccc(Cl)cc32)C1. The van der Waals surface area contributed by atoms with E-state index in [1.807, 2.05) is 18.5 Å². The quantitative estimate of drug-likeness (QED) is 0.378. The van der Waals surface area contributed by atoms with Crippen LogP contribution >= 0.6 is 22.9 Å². The Morgan fingerprint density at radius 3 is 2.86 bits per heavy atom. The zero-order chi connectivity index (χ0) is 19.8. The minimum absolute atomic E-state index is 0.673. The van der Waals surface area contributed by atoms with E-state index >= 15 is 0 Å². The van der Waals surface area contributed by atoms with E-state index in [4.69, 9.17) is 11.6 Å². The molecule has 1 aliphatic rings. The summed E-state index contributed by atoms with van der Waals surface area (Å²) in [7, 11) is 2.23. The number of benzene rings is 1. The molecule has 5 heteroatoms. The highest BCUT2D eigenvalue weighted by molar-refractivity contribution is 7.08. The van der Waals surface area contributed by atoms with Crippen molar-refractivity contribution in [2.45, 2.75) is 19.4 Å². The molecular weight excluding hydrogens is 398 g/mol. The van der Waals surface area contributed by atoms with Crippen molar-refractivity contribution in [3.05, 3.63) is 64.7 Å². The van der Waals surface area contributed by atoms with Gasteiger partial charge in [-0.25, -0.2) is 0 Å². The number of likely N-dealkylation sites (tertiary alicyclic amines) is 1. The summed E-state index contributed by atoms with van der Waals surface area (Å²) in [5.41, 5.74) is 5.97. The van der Waals surface area contributed by atoms with Gasteiger partial charge in [0.15, 0.2) is 0 Å². The van der Waals surface area contributed by atoms with E-state index in [0.29, 0.717) is 5.92 Å². The molecule has 4 aromatic rings. The van der Waals surface area contributed by atoms with Crippen LogP contribution in [0.15, 0.2) is 59.7 Å². The van der Waals surface area contributed by atoms with Crippen LogP contribution in [0, 0.1) is 5.92 Å². The molecule has 1 saturated heterocycles. The first kappa shape index (κ1) is 18.9. The zero-order valence-corrected chi connectivity index (χ0v) is 18.1. The van der Waals surface area contributed by atoms with Gasteiger partial charge in [0.2, 0.25) is 0 Å². The molecule has 1 fully saturated rings. The second-order valence-corrected chi connectivity index (χ2v) is 9.32. The maximum atomic E-state index is 6.37. The van der Waals surface area contributed by atoms with Crippen molar-refractivity contribution >= 4 is 33.8 Å². The first-order valence-corrected chi connectivity index (χ1v) is 11.4. The molecule has 1 aromatic carbocycles. The lowest BCUT2D eigenvalue weighted by molar-refractivity contribution is 0.196. The average Bonchev–Trinajstić information content (AvgIpc) is 3.37. The summed E-state index contributed by atoms with van der Waals surface area (Å²) in [6.07, 6.45) is 8.77. The Hall–Kier alpha value is -2.14. The van der Waals surface area contributed by atoms with Crippen LogP contribution in [-0.4, -0.2) is 34.6 Å². The van der Waals surface area contributed by atoms with Crippen molar-refractivity contribution < 1.29 is 0 Å². The Morgan fingerprint density at radius 1 is 1.14 bits per heavy atom. The van der Waals surface area contributed by atoms with E-state index in [2.05, 4.69) is 62.7 Å². The normalized spacial score (nSPS) is 17.8. The number of aromatic nitrogens is 2. The van der Waals surface area contributed by atoms with E-state index in [0.717, 1.165) is 29.2 Å². The predicted molar refractivity (Wildman–Crippen MR) is 124 cm³/mol. The van der Waals surface area contributed by atoms with Crippen molar-refractivity contribution in [1.29, 1.82) is 0 Å². The number of rotatable bonds is 4. The van der Waals surface area contributed by atoms with Crippen LogP contribution < -0.4 is 0 Å². The van der Waals surface area contributed by atoms with Crippen LogP contribution in [0.1, 0.15) is 12.8 Å². The third-order valence-electron chi connectivity index (χ3n) is 5.93. The van der Waals surface area contributed by atoms with E-state index in [9.17, 15) is 0 Å². The molecule has 5 rings (SSSR count). The summed E-state index contributed by atoms with van der Waals surface area (Å²) in [4.78, 5) is 6.99. The number of pyridine rings is 1. The third kappa shape index (κ3) is 3.85. The minimum Gasteiger partial charge on any atom is -0.346 e. The molecule has 3 nitrogen and oxygen atoms in total. The monoisotopic (exact) mass is 421 g/mol. The van der Waals surface area contributed by atoms with Gasteiger partial charge < -0.3 is 9.47 Å². The number of thiophene rings is 1. The fourth-order valence-corrected chi connectivity index (χ4v) is 5.35. The third-order valence-corrected chi connectivity index (χ3v) is 6.84. The molecule has 1 unspecified atom stereocenters. The minimum atomic E-state index is 0.673. The highest BCUT2D eigenvalue weighted by atomic mass is 35.5. The maximum Gasteiger partial charge on any atom is 0.0501 e. The smallest absolute Gasteiger partial charge is 0.0501 e. The van der Waals surface area contributed by atoms with Crippen LogP contribution in [0.2, 0.25) is 5.02 Å². The largest absolute Gasteiger partial charge is 0.346 e. The van der Waals surface area contributed by atoms with Crippen LogP contribution in [0.4, 0.5) is 0 Å². The Bertz CT molecular complexity index is 1130. The molecule has 0 aliphatic carbocycles. The topological polar surface area (TPSA) is 21.1 Å². The summed E-state index contributed by atoms with van der Waals surface area (Å²) in [5, 5.41) is 6.30. The highest BCUT2D eigenvalue weighted by Crippen LogP contribution is 2.35. The summed E-state index contributed by atoms with van der Waals surface area (Å²) in [6.45, 7) is 3.39. The van der Waals surface area contributed by atoms with Gasteiger partial charge in [-0.15, -0.1) is 0 Å². The van der Waals surface area contributed by atoms with Gasteiger partial charge >= 0.3 is 0 Å². The average molecular weight is 422 g/mol. The molecule has 0 radical (unpaired) electrons. The van der Waals surface area contributed by atoms with E-state index in [1.165, 1.54) is 41.4 Å². The van der Waals surface area contributed by atoms with E-state index in [-0.39, 0.29) is 0 Å². The fourth-order valence-electron chi connectivity index (χ4n) is 4.52. The van der Waals surface area contributed by atoms with Crippen LogP contribution in [0.5, 0.6) is 0 Å². The molecule has 0 bridgehead atoms. The lowest BCUT2D eigenvalue weighted by Gasteiger charge is -2.30. The highest BCUT2D eigenvalue weighted by Gasteiger charge is 2.20. The predicted octanol–water partition coefficient (Wildman–Crippen LogP) is 6.43. The molecule has 0 saturated carbocycles. The van der Waals surface area contributed by atoms with Crippen molar-refractivity contribution in [2.24, 2.45) is 5.92 Å². The van der Waals surface area contributed by atoms with Crippen LogP contribution in [0.3, 0.4) is 0 Å². The molecule has 1 atom stereocenters. The van der Waals surface area contributed by atoms with Gasteiger partial charge in [0.05, 0.1) is 5.52 Å². The number of piperidine rings is 1. The lowest BCUT2D eigenvalue weighted by atomic mass is 9.98. The van der Waals surface area contributed by atoms with Gasteiger partial charge in [-0.05, 0) is 72.9 Å². The molecule has 0 spiro atoms. The van der Waals surface area contributed by atoms with Gasteiger partial charge in [-0.3, -0.25) is 4.98 Å². The molecule has 1 aliphatic heterocycles. The number of hydrogen-bond acceptors (Lipinski definition) is 3. The number of fused-ring (bicyclic) bond motifs is 1. The molecule has 0 amide bonds. The van der Waals surface area contributed by atoms with Crippen LogP contribution in [0.25, 0.3) is 33.2 Å². The second kappa shape index (κ2) is 7.94. The molecule has 3 aromatic heterocycles. The number of hydrogen-bond donors (Lipinski definition) is 0. The van der Waals surface area contributed by atoms with Crippen molar-refractivity contribution in [2.75, 3.05) is 20.1 Å².